The van der Waals surface area contributed by atoms with Gasteiger partial charge >= 0.3 is 5.97 Å². The normalized spacial score (nSPS) is 25.7. The van der Waals surface area contributed by atoms with Crippen LogP contribution in [0.2, 0.25) is 0 Å². The summed E-state index contributed by atoms with van der Waals surface area (Å²) < 4.78 is 26.2. The molecule has 0 atom stereocenters. The van der Waals surface area contributed by atoms with Crippen molar-refractivity contribution in [2.75, 3.05) is 0 Å². The molecule has 1 N–H and O–H groups in total. The molecule has 0 amide bonds. The molecular formula is C24H27FO4. The van der Waals surface area contributed by atoms with Crippen molar-refractivity contribution >= 4 is 5.97 Å². The summed E-state index contributed by atoms with van der Waals surface area (Å²) in [5.74, 6) is 0.0836. The predicted molar refractivity (Wildman–Crippen MR) is 107 cm³/mol. The van der Waals surface area contributed by atoms with E-state index in [2.05, 4.69) is 0 Å². The van der Waals surface area contributed by atoms with Gasteiger partial charge in [0, 0.05) is 12.5 Å². The fourth-order valence-electron chi connectivity index (χ4n) is 4.82. The maximum atomic E-state index is 14.1. The highest BCUT2D eigenvalue weighted by Gasteiger charge is 2.49. The van der Waals surface area contributed by atoms with E-state index >= 15 is 0 Å². The number of benzene rings is 2. The second-order valence-electron chi connectivity index (χ2n) is 8.58. The summed E-state index contributed by atoms with van der Waals surface area (Å²) in [6.45, 7) is 0.352. The van der Waals surface area contributed by atoms with Gasteiger partial charge in [-0.2, -0.15) is 0 Å². The summed E-state index contributed by atoms with van der Waals surface area (Å²) in [4.78, 5) is 10.9. The summed E-state index contributed by atoms with van der Waals surface area (Å²) in [6, 6.07) is 14.0. The summed E-state index contributed by atoms with van der Waals surface area (Å²) in [7, 11) is 0. The molecular weight excluding hydrogens is 371 g/mol. The first-order valence-electron chi connectivity index (χ1n) is 10.3. The third-order valence-electron chi connectivity index (χ3n) is 6.66. The van der Waals surface area contributed by atoms with Crippen LogP contribution in [0, 0.1) is 11.2 Å². The first-order valence-corrected chi connectivity index (χ1v) is 10.3. The summed E-state index contributed by atoms with van der Waals surface area (Å²) in [5.41, 5.74) is 0.787. The number of hydrogen-bond acceptors (Lipinski definition) is 3. The lowest BCUT2D eigenvalue weighted by molar-refractivity contribution is -0.150. The van der Waals surface area contributed by atoms with Crippen LogP contribution in [-0.2, 0) is 16.1 Å². The highest BCUT2D eigenvalue weighted by atomic mass is 19.1. The molecule has 2 aromatic rings. The van der Waals surface area contributed by atoms with Gasteiger partial charge in [0.25, 0.3) is 0 Å². The maximum absolute atomic E-state index is 14.1. The van der Waals surface area contributed by atoms with Crippen molar-refractivity contribution in [2.24, 2.45) is 5.41 Å². The number of hydrogen-bond donors (Lipinski definition) is 1. The fourth-order valence-corrected chi connectivity index (χ4v) is 4.82. The van der Waals surface area contributed by atoms with Gasteiger partial charge in [0.15, 0.2) is 0 Å². The number of rotatable bonds is 8. The third-order valence-corrected chi connectivity index (χ3v) is 6.66. The van der Waals surface area contributed by atoms with E-state index < -0.39 is 5.97 Å². The number of aliphatic carboxylic acids is 1. The van der Waals surface area contributed by atoms with Crippen molar-refractivity contribution in [3.8, 4) is 11.5 Å². The lowest BCUT2D eigenvalue weighted by Crippen LogP contribution is -2.47. The van der Waals surface area contributed by atoms with E-state index in [1.54, 1.807) is 0 Å². The predicted octanol–water partition coefficient (Wildman–Crippen LogP) is 6.09. The van der Waals surface area contributed by atoms with Gasteiger partial charge in [0.2, 0.25) is 0 Å². The molecule has 4 nitrogen and oxygen atoms in total. The highest BCUT2D eigenvalue weighted by Crippen LogP contribution is 2.56. The Morgan fingerprint density at radius 1 is 0.966 bits per heavy atom. The second-order valence-corrected chi connectivity index (χ2v) is 8.58. The van der Waals surface area contributed by atoms with E-state index in [0.29, 0.717) is 18.1 Å². The molecule has 0 aromatic heterocycles. The van der Waals surface area contributed by atoms with Crippen LogP contribution < -0.4 is 4.74 Å². The molecule has 29 heavy (non-hydrogen) atoms. The van der Waals surface area contributed by atoms with Crippen LogP contribution in [0.1, 0.15) is 56.9 Å². The van der Waals surface area contributed by atoms with Gasteiger partial charge in [0.05, 0.1) is 12.2 Å². The molecule has 0 aliphatic heterocycles. The summed E-state index contributed by atoms with van der Waals surface area (Å²) in [5, 5.41) is 9.00. The first-order chi connectivity index (χ1) is 14.0. The second kappa shape index (κ2) is 8.15. The van der Waals surface area contributed by atoms with Crippen molar-refractivity contribution in [3.05, 3.63) is 59.9 Å². The van der Waals surface area contributed by atoms with Crippen LogP contribution in [0.3, 0.4) is 0 Å². The van der Waals surface area contributed by atoms with Crippen LogP contribution >= 0.6 is 0 Å². The van der Waals surface area contributed by atoms with Crippen molar-refractivity contribution in [2.45, 2.75) is 63.6 Å². The Morgan fingerprint density at radius 3 is 2.31 bits per heavy atom. The van der Waals surface area contributed by atoms with Crippen molar-refractivity contribution < 1.29 is 23.8 Å². The molecule has 2 aromatic carbocycles. The molecule has 2 bridgehead atoms. The lowest BCUT2D eigenvalue weighted by atomic mass is 9.57. The van der Waals surface area contributed by atoms with Gasteiger partial charge in [-0.05, 0) is 80.2 Å². The summed E-state index contributed by atoms with van der Waals surface area (Å²) >= 11 is 0. The lowest BCUT2D eigenvalue weighted by Gasteiger charge is -2.53. The first kappa shape index (κ1) is 19.9. The van der Waals surface area contributed by atoms with E-state index in [1.165, 1.54) is 12.1 Å². The number of carboxylic acid groups (broad SMARTS) is 1. The molecule has 0 spiro atoms. The van der Waals surface area contributed by atoms with E-state index in [0.717, 1.165) is 50.5 Å². The zero-order valence-electron chi connectivity index (χ0n) is 16.5. The van der Waals surface area contributed by atoms with Crippen molar-refractivity contribution in [3.63, 3.8) is 0 Å². The minimum atomic E-state index is -0.710. The average molecular weight is 398 g/mol. The van der Waals surface area contributed by atoms with E-state index in [-0.39, 0.29) is 23.3 Å². The zero-order chi connectivity index (χ0) is 20.3. The van der Waals surface area contributed by atoms with E-state index in [9.17, 15) is 9.18 Å². The molecule has 3 saturated carbocycles. The van der Waals surface area contributed by atoms with Gasteiger partial charge in [-0.1, -0.05) is 18.2 Å². The monoisotopic (exact) mass is 398 g/mol. The van der Waals surface area contributed by atoms with Gasteiger partial charge in [-0.25, -0.2) is 4.39 Å². The molecule has 3 fully saturated rings. The molecule has 5 heteroatoms. The largest absolute Gasteiger partial charge is 0.481 e. The van der Waals surface area contributed by atoms with E-state index in [4.69, 9.17) is 14.6 Å². The number of carboxylic acids is 1. The Labute approximate surface area is 170 Å². The number of halogens is 1. The Bertz CT molecular complexity index is 840. The quantitative estimate of drug-likeness (QED) is 0.584. The maximum Gasteiger partial charge on any atom is 0.303 e. The highest BCUT2D eigenvalue weighted by molar-refractivity contribution is 5.66. The third kappa shape index (κ3) is 4.78. The minimum absolute atomic E-state index is 0.155. The Morgan fingerprint density at radius 2 is 1.66 bits per heavy atom. The molecule has 0 radical (unpaired) electrons. The van der Waals surface area contributed by atoms with Gasteiger partial charge < -0.3 is 14.6 Å². The molecule has 3 aliphatic carbocycles. The zero-order valence-corrected chi connectivity index (χ0v) is 16.5. The van der Waals surface area contributed by atoms with Gasteiger partial charge in [-0.3, -0.25) is 4.79 Å². The molecule has 0 heterocycles. The number of ether oxygens (including phenoxy) is 2. The molecule has 154 valence electrons. The van der Waals surface area contributed by atoms with E-state index in [1.807, 2.05) is 36.4 Å². The Balaban J connectivity index is 1.37. The molecule has 0 saturated heterocycles. The van der Waals surface area contributed by atoms with Crippen molar-refractivity contribution in [1.29, 1.82) is 0 Å². The smallest absolute Gasteiger partial charge is 0.303 e. The van der Waals surface area contributed by atoms with Crippen LogP contribution in [0.25, 0.3) is 0 Å². The Hall–Kier alpha value is -2.40. The minimum Gasteiger partial charge on any atom is -0.481 e. The number of carbonyl (C=O) groups is 1. The Kier molecular flexibility index (Phi) is 5.59. The molecule has 0 unspecified atom stereocenters. The average Bonchev–Trinajstić information content (AvgIpc) is 2.73. The molecule has 5 rings (SSSR count). The van der Waals surface area contributed by atoms with Gasteiger partial charge in [-0.15, -0.1) is 0 Å². The van der Waals surface area contributed by atoms with Gasteiger partial charge in [0.1, 0.15) is 17.3 Å². The SMILES string of the molecule is O=C(O)CCC12CCC(OCc3cc(F)cc(Oc4ccccc4)c3)(CC1)CC2. The van der Waals surface area contributed by atoms with Crippen molar-refractivity contribution in [1.82, 2.24) is 0 Å². The number of fused-ring (bicyclic) bond motifs is 3. The standard InChI is InChI=1S/C24H27FO4/c25-19-14-18(15-21(16-19)29-20-4-2-1-3-5-20)17-28-24-11-8-23(9-12-24,10-13-24)7-6-22(26)27/h1-5,14-16H,6-13,17H2,(H,26,27). The molecule has 3 aliphatic rings. The van der Waals surface area contributed by atoms with Crippen LogP contribution in [0.4, 0.5) is 4.39 Å². The fraction of sp³-hybridized carbons (Fsp3) is 0.458. The van der Waals surface area contributed by atoms with Crippen LogP contribution in [0.5, 0.6) is 11.5 Å². The topological polar surface area (TPSA) is 55.8 Å². The number of para-hydroxylation sites is 1. The summed E-state index contributed by atoms with van der Waals surface area (Å²) in [6.07, 6.45) is 6.94. The van der Waals surface area contributed by atoms with Crippen LogP contribution in [-0.4, -0.2) is 16.7 Å². The van der Waals surface area contributed by atoms with Crippen LogP contribution in [0.15, 0.2) is 48.5 Å².